The van der Waals surface area contributed by atoms with Crippen LogP contribution in [0, 0.1) is 12.8 Å². The monoisotopic (exact) mass is 574 g/mol. The highest BCUT2D eigenvalue weighted by molar-refractivity contribution is 14.0. The number of aryl methyl sites for hydroxylation is 1. The van der Waals surface area contributed by atoms with E-state index in [1.165, 1.54) is 11.1 Å². The molecule has 1 aromatic carbocycles. The zero-order chi connectivity index (χ0) is 23.0. The number of hydrogen-bond donors (Lipinski definition) is 2. The molecule has 2 aliphatic heterocycles. The van der Waals surface area contributed by atoms with E-state index < -0.39 is 0 Å². The zero-order valence-corrected chi connectivity index (χ0v) is 23.3. The Morgan fingerprint density at radius 1 is 1.24 bits per heavy atom. The summed E-state index contributed by atoms with van der Waals surface area (Å²) in [5.74, 6) is 2.43. The highest BCUT2D eigenvalue weighted by atomic mass is 127. The van der Waals surface area contributed by atoms with E-state index in [1.807, 2.05) is 7.05 Å². The van der Waals surface area contributed by atoms with Crippen LogP contribution in [0.5, 0.6) is 5.75 Å². The molecule has 188 valence electrons. The molecular weight excluding hydrogens is 531 g/mol. The van der Waals surface area contributed by atoms with Crippen molar-refractivity contribution in [2.24, 2.45) is 10.9 Å². The molecule has 2 heterocycles. The fourth-order valence-corrected chi connectivity index (χ4v) is 4.81. The molecule has 2 N–H and O–H groups in total. The van der Waals surface area contributed by atoms with Crippen molar-refractivity contribution < 1.29 is 14.2 Å². The van der Waals surface area contributed by atoms with Crippen LogP contribution in [0.15, 0.2) is 23.2 Å². The Balaban J connectivity index is 0.00000385. The maximum absolute atomic E-state index is 5.99. The fraction of sp³-hybridized carbons (Fsp3) is 0.720. The number of benzene rings is 1. The third-order valence-electron chi connectivity index (χ3n) is 6.54. The highest BCUT2D eigenvalue weighted by Gasteiger charge is 2.37. The lowest BCUT2D eigenvalue weighted by Gasteiger charge is -2.39. The summed E-state index contributed by atoms with van der Waals surface area (Å²) in [7, 11) is 3.58. The lowest BCUT2D eigenvalue weighted by atomic mass is 9.73. The number of methoxy groups -OCH3 is 1. The number of nitrogens with zero attached hydrogens (tertiary/aromatic N) is 2. The largest absolute Gasteiger partial charge is 0.496 e. The molecule has 0 aliphatic carbocycles. The van der Waals surface area contributed by atoms with E-state index in [4.69, 9.17) is 14.2 Å². The number of rotatable bonds is 8. The molecule has 0 radical (unpaired) electrons. The van der Waals surface area contributed by atoms with Crippen LogP contribution in [0.4, 0.5) is 0 Å². The molecule has 2 aliphatic rings. The molecule has 7 nitrogen and oxygen atoms in total. The standard InChI is InChI=1S/C25H42N4O3.HI/c1-19(2)16-29-10-13-32-21(17-29)15-27-24(26-4)28-18-25(8-11-31-12-9-25)22-14-20(3)6-7-23(22)30-5;/h6-7,14,19,21H,8-13,15-18H2,1-5H3,(H2,26,27,28);1H. The van der Waals surface area contributed by atoms with Crippen molar-refractivity contribution in [2.45, 2.75) is 45.1 Å². The van der Waals surface area contributed by atoms with Crippen LogP contribution in [0.2, 0.25) is 0 Å². The smallest absolute Gasteiger partial charge is 0.191 e. The first-order valence-electron chi connectivity index (χ1n) is 12.0. The summed E-state index contributed by atoms with van der Waals surface area (Å²) in [6.07, 6.45) is 2.08. The van der Waals surface area contributed by atoms with Gasteiger partial charge >= 0.3 is 0 Å². The number of nitrogens with one attached hydrogen (secondary N) is 2. The predicted octanol–water partition coefficient (Wildman–Crippen LogP) is 3.19. The van der Waals surface area contributed by atoms with Gasteiger partial charge in [-0.2, -0.15) is 0 Å². The number of hydrogen-bond acceptors (Lipinski definition) is 5. The third kappa shape index (κ3) is 7.97. The molecule has 3 rings (SSSR count). The van der Waals surface area contributed by atoms with Crippen LogP contribution in [0.1, 0.15) is 37.8 Å². The van der Waals surface area contributed by atoms with Gasteiger partial charge in [0.05, 0.1) is 19.8 Å². The van der Waals surface area contributed by atoms with Gasteiger partial charge in [-0.3, -0.25) is 9.89 Å². The van der Waals surface area contributed by atoms with Gasteiger partial charge in [0.15, 0.2) is 5.96 Å². The lowest BCUT2D eigenvalue weighted by molar-refractivity contribution is -0.0284. The normalized spacial score (nSPS) is 21.4. The van der Waals surface area contributed by atoms with Crippen molar-refractivity contribution >= 4 is 29.9 Å². The molecule has 0 bridgehead atoms. The molecule has 0 aromatic heterocycles. The third-order valence-corrected chi connectivity index (χ3v) is 6.54. The summed E-state index contributed by atoms with van der Waals surface area (Å²) in [6.45, 7) is 13.6. The van der Waals surface area contributed by atoms with E-state index in [9.17, 15) is 0 Å². The molecule has 2 saturated heterocycles. The molecule has 8 heteroatoms. The van der Waals surface area contributed by atoms with Crippen molar-refractivity contribution in [1.82, 2.24) is 15.5 Å². The number of ether oxygens (including phenoxy) is 3. The van der Waals surface area contributed by atoms with Crippen LogP contribution < -0.4 is 15.4 Å². The van der Waals surface area contributed by atoms with E-state index in [0.29, 0.717) is 5.92 Å². The van der Waals surface area contributed by atoms with Gasteiger partial charge in [-0.15, -0.1) is 24.0 Å². The number of morpholine rings is 1. The first-order valence-corrected chi connectivity index (χ1v) is 12.0. The Morgan fingerprint density at radius 3 is 2.67 bits per heavy atom. The van der Waals surface area contributed by atoms with Gasteiger partial charge in [0.25, 0.3) is 0 Å². The second kappa shape index (κ2) is 13.7. The Morgan fingerprint density at radius 2 is 2.00 bits per heavy atom. The maximum Gasteiger partial charge on any atom is 0.191 e. The van der Waals surface area contributed by atoms with Crippen molar-refractivity contribution in [3.63, 3.8) is 0 Å². The molecule has 0 amide bonds. The first-order chi connectivity index (χ1) is 15.5. The Labute approximate surface area is 217 Å². The van der Waals surface area contributed by atoms with E-state index in [2.05, 4.69) is 59.5 Å². The molecule has 33 heavy (non-hydrogen) atoms. The molecule has 2 fully saturated rings. The van der Waals surface area contributed by atoms with Gasteiger partial charge in [0.2, 0.25) is 0 Å². The quantitative estimate of drug-likeness (QED) is 0.283. The summed E-state index contributed by atoms with van der Waals surface area (Å²) in [6, 6.07) is 6.45. The molecule has 1 unspecified atom stereocenters. The number of halogens is 1. The summed E-state index contributed by atoms with van der Waals surface area (Å²) >= 11 is 0. The average Bonchev–Trinajstić information content (AvgIpc) is 2.79. The first kappa shape index (κ1) is 28.1. The van der Waals surface area contributed by atoms with Crippen molar-refractivity contribution in [1.29, 1.82) is 0 Å². The highest BCUT2D eigenvalue weighted by Crippen LogP contribution is 2.40. The minimum Gasteiger partial charge on any atom is -0.496 e. The van der Waals surface area contributed by atoms with Crippen LogP contribution in [0.3, 0.4) is 0 Å². The minimum absolute atomic E-state index is 0. The summed E-state index contributed by atoms with van der Waals surface area (Å²) in [5, 5.41) is 7.08. The summed E-state index contributed by atoms with van der Waals surface area (Å²) in [5.41, 5.74) is 2.45. The Hall–Kier alpha value is -1.10. The van der Waals surface area contributed by atoms with Crippen LogP contribution >= 0.6 is 24.0 Å². The van der Waals surface area contributed by atoms with Gasteiger partial charge in [-0.1, -0.05) is 31.5 Å². The number of guanidine groups is 1. The average molecular weight is 575 g/mol. The molecular formula is C25H43IN4O3. The van der Waals surface area contributed by atoms with Crippen LogP contribution in [-0.4, -0.2) is 83.7 Å². The Kier molecular flexibility index (Phi) is 11.7. The van der Waals surface area contributed by atoms with E-state index >= 15 is 0 Å². The molecule has 1 atom stereocenters. The number of aliphatic imine (C=N–C) groups is 1. The Bertz CT molecular complexity index is 753. The van der Waals surface area contributed by atoms with Gasteiger partial charge in [0, 0.05) is 64.0 Å². The van der Waals surface area contributed by atoms with Gasteiger partial charge in [-0.25, -0.2) is 0 Å². The second-order valence-corrected chi connectivity index (χ2v) is 9.55. The van der Waals surface area contributed by atoms with Crippen molar-refractivity contribution in [3.8, 4) is 5.75 Å². The van der Waals surface area contributed by atoms with Crippen molar-refractivity contribution in [3.05, 3.63) is 29.3 Å². The van der Waals surface area contributed by atoms with Gasteiger partial charge < -0.3 is 24.8 Å². The summed E-state index contributed by atoms with van der Waals surface area (Å²) < 4.78 is 17.4. The minimum atomic E-state index is -0.0529. The topological polar surface area (TPSA) is 67.4 Å². The van der Waals surface area contributed by atoms with Crippen LogP contribution in [-0.2, 0) is 14.9 Å². The van der Waals surface area contributed by atoms with E-state index in [0.717, 1.165) is 77.1 Å². The lowest BCUT2D eigenvalue weighted by Crippen LogP contribution is -2.52. The van der Waals surface area contributed by atoms with Gasteiger partial charge in [0.1, 0.15) is 5.75 Å². The summed E-state index contributed by atoms with van der Waals surface area (Å²) in [4.78, 5) is 6.97. The molecule has 0 spiro atoms. The second-order valence-electron chi connectivity index (χ2n) is 9.55. The van der Waals surface area contributed by atoms with Crippen molar-refractivity contribution in [2.75, 3.05) is 66.7 Å². The van der Waals surface area contributed by atoms with Gasteiger partial charge in [-0.05, 0) is 31.7 Å². The fourth-order valence-electron chi connectivity index (χ4n) is 4.81. The molecule has 0 saturated carbocycles. The predicted molar refractivity (Wildman–Crippen MR) is 145 cm³/mol. The SMILES string of the molecule is CN=C(NCC1CN(CC(C)C)CCO1)NCC1(c2cc(C)ccc2OC)CCOCC1.I. The zero-order valence-electron chi connectivity index (χ0n) is 21.0. The molecule has 1 aromatic rings. The van der Waals surface area contributed by atoms with E-state index in [1.54, 1.807) is 7.11 Å². The van der Waals surface area contributed by atoms with Crippen LogP contribution in [0.25, 0.3) is 0 Å². The maximum atomic E-state index is 5.99. The van der Waals surface area contributed by atoms with E-state index in [-0.39, 0.29) is 35.5 Å².